The summed E-state index contributed by atoms with van der Waals surface area (Å²) in [6, 6.07) is 16.0. The number of aromatic nitrogens is 1. The molecule has 2 aromatic rings. The largest absolute Gasteiger partial charge is 0.437 e. The second-order valence-electron chi connectivity index (χ2n) is 4.23. The molecule has 4 rings (SSSR count). The Morgan fingerprint density at radius 1 is 1.05 bits per heavy atom. The van der Waals surface area contributed by atoms with Crippen LogP contribution in [-0.2, 0) is 0 Å². The van der Waals surface area contributed by atoms with Crippen LogP contribution in [0.4, 0.5) is 5.69 Å². The molecule has 2 aliphatic rings. The van der Waals surface area contributed by atoms with Crippen LogP contribution in [0.2, 0.25) is 0 Å². The fraction of sp³-hybridized carbons (Fsp3) is 0. The van der Waals surface area contributed by atoms with E-state index in [9.17, 15) is 0 Å². The predicted molar refractivity (Wildman–Crippen MR) is 77.9 cm³/mol. The number of oxazole rings is 1. The Kier molecular flexibility index (Phi) is 2.93. The van der Waals surface area contributed by atoms with Crippen molar-refractivity contribution in [3.8, 4) is 11.3 Å². The smallest absolute Gasteiger partial charge is 0.266 e. The summed E-state index contributed by atoms with van der Waals surface area (Å²) in [5.74, 6) is 0. The maximum absolute atomic E-state index is 5.42. The Balaban J connectivity index is 0.000000132. The van der Waals surface area contributed by atoms with Crippen LogP contribution in [-0.4, -0.2) is 4.98 Å². The molecule has 3 N–H and O–H groups in total. The number of nitrogens with one attached hydrogen (secondary N) is 1. The number of aromatic amines is 1. The Hall–Kier alpha value is -2.33. The summed E-state index contributed by atoms with van der Waals surface area (Å²) >= 11 is 4.81. The summed E-state index contributed by atoms with van der Waals surface area (Å²) in [4.78, 5) is 3.35. The van der Waals surface area contributed by atoms with Gasteiger partial charge in [-0.3, -0.25) is 0 Å². The second-order valence-corrected chi connectivity index (χ2v) is 4.60. The van der Waals surface area contributed by atoms with Crippen molar-refractivity contribution in [2.24, 2.45) is 0 Å². The maximum Gasteiger partial charge on any atom is 0.266 e. The van der Waals surface area contributed by atoms with E-state index in [0.717, 1.165) is 16.9 Å². The first-order valence-electron chi connectivity index (χ1n) is 5.87. The van der Waals surface area contributed by atoms with Gasteiger partial charge in [-0.1, -0.05) is 42.5 Å². The van der Waals surface area contributed by atoms with Crippen LogP contribution < -0.4 is 5.73 Å². The number of nitrogens with two attached hydrogens (primary N) is 1. The predicted octanol–water partition coefficient (Wildman–Crippen LogP) is 3.87. The van der Waals surface area contributed by atoms with E-state index in [1.54, 1.807) is 6.26 Å². The molecular formula is C15H12N2OS. The van der Waals surface area contributed by atoms with Crippen LogP contribution in [0.3, 0.4) is 0 Å². The molecule has 0 fully saturated rings. The molecule has 0 saturated heterocycles. The summed E-state index contributed by atoms with van der Waals surface area (Å²) in [6.45, 7) is 0. The van der Waals surface area contributed by atoms with Gasteiger partial charge in [-0.25, -0.2) is 0 Å². The van der Waals surface area contributed by atoms with E-state index in [-0.39, 0.29) is 0 Å². The molecule has 0 saturated carbocycles. The number of anilines is 1. The van der Waals surface area contributed by atoms with Crippen molar-refractivity contribution in [3.05, 3.63) is 70.1 Å². The summed E-state index contributed by atoms with van der Waals surface area (Å²) in [5, 5.41) is 2.57. The average molecular weight is 268 g/mol. The highest BCUT2D eigenvalue weighted by atomic mass is 32.1. The molecule has 0 spiro atoms. The first-order chi connectivity index (χ1) is 9.24. The van der Waals surface area contributed by atoms with Crippen molar-refractivity contribution < 1.29 is 4.42 Å². The summed E-state index contributed by atoms with van der Waals surface area (Å²) in [6.07, 6.45) is 1.62. The molecule has 0 bridgehead atoms. The van der Waals surface area contributed by atoms with Gasteiger partial charge in [0.05, 0.1) is 5.69 Å². The lowest BCUT2D eigenvalue weighted by molar-refractivity contribution is 0.541. The summed E-state index contributed by atoms with van der Waals surface area (Å²) in [7, 11) is 0. The molecule has 2 aliphatic carbocycles. The Labute approximate surface area is 115 Å². The van der Waals surface area contributed by atoms with Crippen molar-refractivity contribution in [1.82, 2.24) is 4.98 Å². The van der Waals surface area contributed by atoms with E-state index in [0.29, 0.717) is 4.84 Å². The van der Waals surface area contributed by atoms with Crippen molar-refractivity contribution in [2.75, 3.05) is 5.73 Å². The van der Waals surface area contributed by atoms with Crippen molar-refractivity contribution >= 4 is 17.9 Å². The minimum atomic E-state index is 0.411. The lowest BCUT2D eigenvalue weighted by Crippen LogP contribution is -1.95. The first kappa shape index (κ1) is 11.7. The van der Waals surface area contributed by atoms with E-state index < -0.39 is 0 Å². The van der Waals surface area contributed by atoms with Crippen molar-refractivity contribution in [2.45, 2.75) is 0 Å². The number of hydrogen-bond donors (Lipinski definition) is 2. The van der Waals surface area contributed by atoms with Crippen molar-refractivity contribution in [1.29, 1.82) is 0 Å². The Morgan fingerprint density at radius 3 is 2.21 bits per heavy atom. The van der Waals surface area contributed by atoms with Gasteiger partial charge in [-0.15, -0.1) is 0 Å². The molecular weight excluding hydrogens is 256 g/mol. The Bertz CT molecular complexity index is 850. The highest BCUT2D eigenvalue weighted by molar-refractivity contribution is 7.71. The average Bonchev–Trinajstić information content (AvgIpc) is 2.84. The van der Waals surface area contributed by atoms with Crippen LogP contribution in [0.1, 0.15) is 0 Å². The molecule has 1 heterocycles. The topological polar surface area (TPSA) is 55.0 Å². The zero-order chi connectivity index (χ0) is 13.2. The molecule has 1 aromatic carbocycles. The maximum atomic E-state index is 5.42. The third kappa shape index (κ3) is 2.30. The van der Waals surface area contributed by atoms with Crippen LogP contribution in [0.25, 0.3) is 11.3 Å². The lowest BCUT2D eigenvalue weighted by atomic mass is 10.1. The van der Waals surface area contributed by atoms with Gasteiger partial charge in [0.25, 0.3) is 4.84 Å². The van der Waals surface area contributed by atoms with Gasteiger partial charge in [-0.05, 0) is 23.5 Å². The van der Waals surface area contributed by atoms with E-state index in [1.165, 1.54) is 10.4 Å². The van der Waals surface area contributed by atoms with Crippen LogP contribution in [0.5, 0.6) is 0 Å². The zero-order valence-corrected chi connectivity index (χ0v) is 10.9. The number of nitrogen functional groups attached to an aromatic ring is 1. The molecule has 19 heavy (non-hydrogen) atoms. The third-order valence-electron chi connectivity index (χ3n) is 2.97. The fourth-order valence-electron chi connectivity index (χ4n) is 1.86. The molecule has 4 heteroatoms. The molecule has 0 atom stereocenters. The van der Waals surface area contributed by atoms with E-state index in [4.69, 9.17) is 22.4 Å². The highest BCUT2D eigenvalue weighted by Crippen LogP contribution is 2.16. The van der Waals surface area contributed by atoms with Gasteiger partial charge in [0.1, 0.15) is 6.26 Å². The number of H-pyrrole nitrogens is 1. The third-order valence-corrected chi connectivity index (χ3v) is 3.17. The SMILES string of the molecule is Nc1cc2ccc1=2.S=c1[nH]c(-c2ccccc2)co1. The van der Waals surface area contributed by atoms with Gasteiger partial charge in [0.15, 0.2) is 0 Å². The molecule has 0 unspecified atom stereocenters. The lowest BCUT2D eigenvalue weighted by Gasteiger charge is -2.03. The van der Waals surface area contributed by atoms with Crippen LogP contribution in [0.15, 0.2) is 59.2 Å². The van der Waals surface area contributed by atoms with Gasteiger partial charge in [-0.2, -0.15) is 0 Å². The fourth-order valence-corrected chi connectivity index (χ4v) is 2.02. The Morgan fingerprint density at radius 2 is 1.84 bits per heavy atom. The second kappa shape index (κ2) is 4.74. The monoisotopic (exact) mass is 268 g/mol. The quantitative estimate of drug-likeness (QED) is 0.407. The van der Waals surface area contributed by atoms with Crippen LogP contribution in [0, 0.1) is 15.3 Å². The van der Waals surface area contributed by atoms with E-state index in [1.807, 2.05) is 42.5 Å². The minimum absolute atomic E-state index is 0.411. The van der Waals surface area contributed by atoms with E-state index >= 15 is 0 Å². The molecule has 1 aromatic heterocycles. The molecule has 94 valence electrons. The number of benzene rings is 2. The molecule has 0 aliphatic heterocycles. The number of hydrogen-bond acceptors (Lipinski definition) is 3. The number of rotatable bonds is 1. The zero-order valence-electron chi connectivity index (χ0n) is 10.1. The first-order valence-corrected chi connectivity index (χ1v) is 6.28. The highest BCUT2D eigenvalue weighted by Gasteiger charge is 1.98. The molecule has 0 amide bonds. The van der Waals surface area contributed by atoms with E-state index in [2.05, 4.69) is 11.1 Å². The molecule has 3 nitrogen and oxygen atoms in total. The minimum Gasteiger partial charge on any atom is -0.437 e. The summed E-state index contributed by atoms with van der Waals surface area (Å²) in [5.41, 5.74) is 8.36. The van der Waals surface area contributed by atoms with Gasteiger partial charge < -0.3 is 15.1 Å². The van der Waals surface area contributed by atoms with Crippen LogP contribution >= 0.6 is 12.2 Å². The van der Waals surface area contributed by atoms with Gasteiger partial charge >= 0.3 is 0 Å². The molecule has 0 radical (unpaired) electrons. The summed E-state index contributed by atoms with van der Waals surface area (Å²) < 4.78 is 4.98. The standard InChI is InChI=1S/C9H7NOS.C6H5N/c12-9-10-8(6-11-9)7-4-2-1-3-5-7;7-6-3-4-1-2-5(4)6/h1-6H,(H,10,12);1-3H,7H2. The normalized spacial score (nSPS) is 10.5. The van der Waals surface area contributed by atoms with Gasteiger partial charge in [0.2, 0.25) is 0 Å². The van der Waals surface area contributed by atoms with Gasteiger partial charge in [0, 0.05) is 16.5 Å². The van der Waals surface area contributed by atoms with Crippen molar-refractivity contribution in [3.63, 3.8) is 0 Å².